The fourth-order valence-electron chi connectivity index (χ4n) is 2.94. The van der Waals surface area contributed by atoms with E-state index in [1.165, 1.54) is 11.3 Å². The maximum absolute atomic E-state index is 8.89. The maximum atomic E-state index is 8.89. The highest BCUT2D eigenvalue weighted by Gasteiger charge is 2.26. The van der Waals surface area contributed by atoms with E-state index in [0.29, 0.717) is 18.2 Å². The Morgan fingerprint density at radius 1 is 1.30 bits per heavy atom. The number of hydrogen-bond donors (Lipinski definition) is 1. The van der Waals surface area contributed by atoms with Crippen LogP contribution in [-0.4, -0.2) is 6.04 Å². The fourth-order valence-corrected chi connectivity index (χ4v) is 2.94. The molecule has 0 saturated carbocycles. The van der Waals surface area contributed by atoms with E-state index < -0.39 is 0 Å². The van der Waals surface area contributed by atoms with Gasteiger partial charge in [-0.3, -0.25) is 0 Å². The summed E-state index contributed by atoms with van der Waals surface area (Å²) in [6.07, 6.45) is 1.40. The van der Waals surface area contributed by atoms with E-state index in [2.05, 4.69) is 42.2 Å². The summed E-state index contributed by atoms with van der Waals surface area (Å²) in [6, 6.07) is 17.1. The molecule has 0 spiro atoms. The molecule has 0 bridgehead atoms. The topological polar surface area (TPSA) is 53.0 Å². The number of hydrogen-bond acceptors (Lipinski definition) is 3. The van der Waals surface area contributed by atoms with Crippen LogP contribution in [0.15, 0.2) is 42.5 Å². The minimum Gasteiger partial charge on any atom is -0.398 e. The van der Waals surface area contributed by atoms with Gasteiger partial charge in [-0.15, -0.1) is 0 Å². The Hall–Kier alpha value is -2.47. The molecule has 1 aliphatic heterocycles. The molecule has 2 aromatic rings. The van der Waals surface area contributed by atoms with Gasteiger partial charge in [0.15, 0.2) is 0 Å². The molecule has 0 aliphatic carbocycles. The van der Waals surface area contributed by atoms with Crippen LogP contribution in [0.2, 0.25) is 0 Å². The van der Waals surface area contributed by atoms with E-state index in [4.69, 9.17) is 11.0 Å². The summed E-state index contributed by atoms with van der Waals surface area (Å²) in [7, 11) is 0. The van der Waals surface area contributed by atoms with Crippen LogP contribution in [0.4, 0.5) is 17.1 Å². The number of nitrogens with zero attached hydrogens (tertiary/aromatic N) is 2. The van der Waals surface area contributed by atoms with Crippen LogP contribution in [-0.2, 0) is 12.8 Å². The van der Waals surface area contributed by atoms with Crippen LogP contribution >= 0.6 is 0 Å². The van der Waals surface area contributed by atoms with Crippen molar-refractivity contribution < 1.29 is 0 Å². The number of benzene rings is 2. The molecular weight excluding hydrogens is 246 g/mol. The largest absolute Gasteiger partial charge is 0.398 e. The van der Waals surface area contributed by atoms with Gasteiger partial charge in [0.1, 0.15) is 0 Å². The molecule has 2 N–H and O–H groups in total. The van der Waals surface area contributed by atoms with Gasteiger partial charge < -0.3 is 10.6 Å². The second-order valence-electron chi connectivity index (χ2n) is 5.27. The van der Waals surface area contributed by atoms with Crippen LogP contribution < -0.4 is 10.6 Å². The average Bonchev–Trinajstić information content (AvgIpc) is 2.77. The van der Waals surface area contributed by atoms with Gasteiger partial charge in [0.25, 0.3) is 0 Å². The Bertz CT molecular complexity index is 685. The fraction of sp³-hybridized carbons (Fsp3) is 0.235. The van der Waals surface area contributed by atoms with Gasteiger partial charge in [-0.25, -0.2) is 0 Å². The second-order valence-corrected chi connectivity index (χ2v) is 5.27. The zero-order valence-electron chi connectivity index (χ0n) is 11.5. The molecule has 1 aliphatic rings. The second kappa shape index (κ2) is 4.90. The number of nitrogen functional groups attached to an aromatic ring is 1. The summed E-state index contributed by atoms with van der Waals surface area (Å²) in [6.45, 7) is 2.22. The van der Waals surface area contributed by atoms with Crippen molar-refractivity contribution >= 4 is 17.1 Å². The SMILES string of the molecule is CC1Cc2ccccc2N1c1ccc(N)c(CC#N)c1. The van der Waals surface area contributed by atoms with Gasteiger partial charge in [0.2, 0.25) is 0 Å². The molecule has 0 amide bonds. The van der Waals surface area contributed by atoms with Crippen molar-refractivity contribution in [3.63, 3.8) is 0 Å². The molecule has 2 aromatic carbocycles. The number of nitrogens with two attached hydrogens (primary N) is 1. The van der Waals surface area contributed by atoms with Gasteiger partial charge in [0, 0.05) is 23.1 Å². The van der Waals surface area contributed by atoms with E-state index in [1.54, 1.807) is 0 Å². The summed E-state index contributed by atoms with van der Waals surface area (Å²) in [5, 5.41) is 8.89. The molecule has 0 aromatic heterocycles. The van der Waals surface area contributed by atoms with Crippen LogP contribution in [0.1, 0.15) is 18.1 Å². The number of fused-ring (bicyclic) bond motifs is 1. The summed E-state index contributed by atoms with van der Waals surface area (Å²) in [5.41, 5.74) is 11.3. The lowest BCUT2D eigenvalue weighted by Crippen LogP contribution is -2.24. The molecular formula is C17H17N3. The first kappa shape index (κ1) is 12.6. The van der Waals surface area contributed by atoms with Crippen LogP contribution in [0.25, 0.3) is 0 Å². The molecule has 3 nitrogen and oxygen atoms in total. The molecule has 100 valence electrons. The summed E-state index contributed by atoms with van der Waals surface area (Å²) in [4.78, 5) is 2.33. The molecule has 3 rings (SSSR count). The molecule has 20 heavy (non-hydrogen) atoms. The monoisotopic (exact) mass is 263 g/mol. The number of nitriles is 1. The Balaban J connectivity index is 2.05. The standard InChI is InChI=1S/C17H17N3/c1-12-10-14-4-2-3-5-17(14)20(12)15-6-7-16(19)13(11-15)8-9-18/h2-7,11-12H,8,10,19H2,1H3. The van der Waals surface area contributed by atoms with E-state index in [-0.39, 0.29) is 0 Å². The first-order valence-electron chi connectivity index (χ1n) is 6.83. The van der Waals surface area contributed by atoms with E-state index in [9.17, 15) is 0 Å². The van der Waals surface area contributed by atoms with E-state index in [0.717, 1.165) is 17.7 Å². The molecule has 3 heteroatoms. The third kappa shape index (κ3) is 2.00. The highest BCUT2D eigenvalue weighted by atomic mass is 15.2. The first-order chi connectivity index (χ1) is 9.70. The van der Waals surface area contributed by atoms with Gasteiger partial charge in [-0.2, -0.15) is 5.26 Å². The lowest BCUT2D eigenvalue weighted by atomic mass is 10.1. The van der Waals surface area contributed by atoms with Crippen molar-refractivity contribution in [1.29, 1.82) is 5.26 Å². The van der Waals surface area contributed by atoms with E-state index >= 15 is 0 Å². The van der Waals surface area contributed by atoms with Crippen LogP contribution in [0, 0.1) is 11.3 Å². The maximum Gasteiger partial charge on any atom is 0.0670 e. The van der Waals surface area contributed by atoms with Gasteiger partial charge >= 0.3 is 0 Å². The van der Waals surface area contributed by atoms with Crippen molar-refractivity contribution in [3.8, 4) is 6.07 Å². The molecule has 0 radical (unpaired) electrons. The summed E-state index contributed by atoms with van der Waals surface area (Å²) in [5.74, 6) is 0. The molecule has 1 atom stereocenters. The third-order valence-corrected chi connectivity index (χ3v) is 3.88. The summed E-state index contributed by atoms with van der Waals surface area (Å²) < 4.78 is 0. The Morgan fingerprint density at radius 2 is 2.10 bits per heavy atom. The normalized spacial score (nSPS) is 16.8. The van der Waals surface area contributed by atoms with Gasteiger partial charge in [-0.05, 0) is 48.7 Å². The first-order valence-corrected chi connectivity index (χ1v) is 6.83. The van der Waals surface area contributed by atoms with Gasteiger partial charge in [0.05, 0.1) is 12.5 Å². The van der Waals surface area contributed by atoms with Crippen molar-refractivity contribution in [3.05, 3.63) is 53.6 Å². The zero-order valence-corrected chi connectivity index (χ0v) is 11.5. The number of anilines is 3. The quantitative estimate of drug-likeness (QED) is 0.845. The van der Waals surface area contributed by atoms with E-state index in [1.807, 2.05) is 18.2 Å². The minimum atomic E-state index is 0.351. The predicted octanol–water partition coefficient (Wildman–Crippen LogP) is 3.42. The molecule has 0 saturated heterocycles. The predicted molar refractivity (Wildman–Crippen MR) is 81.9 cm³/mol. The van der Waals surface area contributed by atoms with Gasteiger partial charge in [-0.1, -0.05) is 18.2 Å². The lowest BCUT2D eigenvalue weighted by Gasteiger charge is -2.25. The van der Waals surface area contributed by atoms with Crippen molar-refractivity contribution in [2.24, 2.45) is 0 Å². The minimum absolute atomic E-state index is 0.351. The third-order valence-electron chi connectivity index (χ3n) is 3.88. The van der Waals surface area contributed by atoms with Crippen molar-refractivity contribution in [2.45, 2.75) is 25.8 Å². The number of para-hydroxylation sites is 1. The van der Waals surface area contributed by atoms with Crippen molar-refractivity contribution in [2.75, 3.05) is 10.6 Å². The van der Waals surface area contributed by atoms with Crippen LogP contribution in [0.3, 0.4) is 0 Å². The lowest BCUT2D eigenvalue weighted by molar-refractivity contribution is 0.758. The highest BCUT2D eigenvalue weighted by molar-refractivity contribution is 5.73. The Labute approximate surface area is 119 Å². The summed E-state index contributed by atoms with van der Waals surface area (Å²) >= 11 is 0. The average molecular weight is 263 g/mol. The van der Waals surface area contributed by atoms with Crippen LogP contribution in [0.5, 0.6) is 0 Å². The molecule has 1 unspecified atom stereocenters. The van der Waals surface area contributed by atoms with Crippen molar-refractivity contribution in [1.82, 2.24) is 0 Å². The molecule has 1 heterocycles. The number of rotatable bonds is 2. The highest BCUT2D eigenvalue weighted by Crippen LogP contribution is 2.38. The Kier molecular flexibility index (Phi) is 3.08. The zero-order chi connectivity index (χ0) is 14.1. The smallest absolute Gasteiger partial charge is 0.0670 e. The Morgan fingerprint density at radius 3 is 2.90 bits per heavy atom. The molecule has 0 fully saturated rings.